The van der Waals surface area contributed by atoms with E-state index in [9.17, 15) is 31.5 Å². The van der Waals surface area contributed by atoms with Gasteiger partial charge in [0.2, 0.25) is 11.4 Å². The third-order valence-corrected chi connectivity index (χ3v) is 6.18. The molecule has 4 heterocycles. The van der Waals surface area contributed by atoms with Gasteiger partial charge in [-0.1, -0.05) is 6.08 Å². The summed E-state index contributed by atoms with van der Waals surface area (Å²) in [4.78, 5) is 38.6. The molecule has 1 N–H and O–H groups in total. The molecular formula is C24H25F5N4O3. The maximum atomic E-state index is 14.1. The molecule has 0 aliphatic carbocycles. The number of ether oxygens (including phenoxy) is 1. The number of halogens is 5. The van der Waals surface area contributed by atoms with Crippen LogP contribution >= 0.6 is 0 Å². The first-order valence-corrected chi connectivity index (χ1v) is 11.6. The van der Waals surface area contributed by atoms with Crippen molar-refractivity contribution in [2.45, 2.75) is 51.6 Å². The number of alkyl halides is 5. The number of rotatable bonds is 4. The van der Waals surface area contributed by atoms with Crippen LogP contribution in [0.3, 0.4) is 0 Å². The molecule has 0 radical (unpaired) electrons. The van der Waals surface area contributed by atoms with Crippen LogP contribution in [0.4, 0.5) is 27.8 Å². The quantitative estimate of drug-likeness (QED) is 0.502. The summed E-state index contributed by atoms with van der Waals surface area (Å²) in [5, 5.41) is 0.348. The number of pyridine rings is 2. The molecule has 36 heavy (non-hydrogen) atoms. The minimum atomic E-state index is -4.80. The van der Waals surface area contributed by atoms with Crippen LogP contribution in [0.15, 0.2) is 15.9 Å². The van der Waals surface area contributed by atoms with E-state index in [0.29, 0.717) is 18.3 Å². The van der Waals surface area contributed by atoms with Crippen LogP contribution in [-0.4, -0.2) is 48.1 Å². The number of nitrogens with one attached hydrogen (secondary N) is 1. The van der Waals surface area contributed by atoms with E-state index in [-0.39, 0.29) is 54.1 Å². The van der Waals surface area contributed by atoms with Crippen molar-refractivity contribution >= 4 is 17.9 Å². The summed E-state index contributed by atoms with van der Waals surface area (Å²) in [6.07, 6.45) is -3.52. The molecule has 0 bridgehead atoms. The van der Waals surface area contributed by atoms with Gasteiger partial charge in [-0.2, -0.15) is 13.2 Å². The van der Waals surface area contributed by atoms with Crippen molar-refractivity contribution in [3.8, 4) is 11.3 Å². The third-order valence-electron chi connectivity index (χ3n) is 6.18. The summed E-state index contributed by atoms with van der Waals surface area (Å²) in [7, 11) is 0. The molecule has 1 fully saturated rings. The highest BCUT2D eigenvalue weighted by atomic mass is 19.4. The summed E-state index contributed by atoms with van der Waals surface area (Å²) in [5.74, 6) is -4.16. The Balaban J connectivity index is 2.03. The van der Waals surface area contributed by atoms with Gasteiger partial charge in [-0.3, -0.25) is 9.79 Å². The number of H-pyrrole nitrogens is 1. The average Bonchev–Trinajstić information content (AvgIpc) is 2.98. The number of anilines is 1. The number of esters is 1. The van der Waals surface area contributed by atoms with Crippen LogP contribution in [0.1, 0.15) is 54.2 Å². The Morgan fingerprint density at radius 1 is 1.25 bits per heavy atom. The van der Waals surface area contributed by atoms with E-state index in [2.05, 4.69) is 15.0 Å². The van der Waals surface area contributed by atoms with Gasteiger partial charge >= 0.3 is 12.1 Å². The highest BCUT2D eigenvalue weighted by Crippen LogP contribution is 2.39. The van der Waals surface area contributed by atoms with Crippen molar-refractivity contribution in [2.75, 3.05) is 31.1 Å². The molecule has 2 aromatic heterocycles. The lowest BCUT2D eigenvalue weighted by Crippen LogP contribution is -2.46. The Hall–Kier alpha value is -3.31. The zero-order valence-corrected chi connectivity index (χ0v) is 19.8. The van der Waals surface area contributed by atoms with E-state index in [4.69, 9.17) is 4.74 Å². The van der Waals surface area contributed by atoms with Gasteiger partial charge in [-0.25, -0.2) is 18.6 Å². The van der Waals surface area contributed by atoms with E-state index in [1.54, 1.807) is 13.0 Å². The van der Waals surface area contributed by atoms with E-state index < -0.39 is 47.6 Å². The number of carbonyl (C=O) groups is 1. The smallest absolute Gasteiger partial charge is 0.433 e. The molecule has 0 saturated carbocycles. The zero-order chi connectivity index (χ0) is 26.3. The van der Waals surface area contributed by atoms with Gasteiger partial charge in [-0.05, 0) is 38.3 Å². The summed E-state index contributed by atoms with van der Waals surface area (Å²) in [5.41, 5.74) is -2.62. The van der Waals surface area contributed by atoms with Crippen molar-refractivity contribution in [1.82, 2.24) is 9.97 Å². The normalized spacial score (nSPS) is 17.5. The van der Waals surface area contributed by atoms with Gasteiger partial charge in [0, 0.05) is 38.0 Å². The number of hydrogen-bond acceptors (Lipinski definition) is 6. The lowest BCUT2D eigenvalue weighted by atomic mass is 10.0. The SMILES string of the molecule is CCOC(=O)c1c(-c2cc(C)c(C(F)(F)F)nc2N2CCCC(F)(F)CC2)[nH]c2c(c1=O)=NCCC=2. The minimum absolute atomic E-state index is 0.0210. The van der Waals surface area contributed by atoms with Crippen LogP contribution < -0.4 is 21.0 Å². The van der Waals surface area contributed by atoms with Gasteiger partial charge < -0.3 is 14.6 Å². The molecule has 12 heteroatoms. The van der Waals surface area contributed by atoms with Crippen molar-refractivity contribution in [3.63, 3.8) is 0 Å². The molecule has 2 aromatic rings. The van der Waals surface area contributed by atoms with Gasteiger partial charge in [0.05, 0.1) is 17.6 Å². The Kier molecular flexibility index (Phi) is 6.89. The minimum Gasteiger partial charge on any atom is -0.462 e. The Morgan fingerprint density at radius 2 is 2.00 bits per heavy atom. The summed E-state index contributed by atoms with van der Waals surface area (Å²) in [6, 6.07) is 1.18. The molecule has 0 aromatic carbocycles. The Labute approximate surface area is 202 Å². The van der Waals surface area contributed by atoms with E-state index in [1.165, 1.54) is 17.9 Å². The second kappa shape index (κ2) is 9.62. The molecular weight excluding hydrogens is 487 g/mol. The molecule has 7 nitrogen and oxygen atoms in total. The van der Waals surface area contributed by atoms with Gasteiger partial charge in [0.1, 0.15) is 22.4 Å². The van der Waals surface area contributed by atoms with Crippen LogP contribution in [0.5, 0.6) is 0 Å². The summed E-state index contributed by atoms with van der Waals surface area (Å²) in [6.45, 7) is 2.83. The number of hydrogen-bond donors (Lipinski definition) is 1. The van der Waals surface area contributed by atoms with Gasteiger partial charge in [0.15, 0.2) is 0 Å². The first-order valence-electron chi connectivity index (χ1n) is 11.6. The largest absolute Gasteiger partial charge is 0.462 e. The van der Waals surface area contributed by atoms with Gasteiger partial charge in [-0.15, -0.1) is 0 Å². The van der Waals surface area contributed by atoms with Crippen LogP contribution in [0.2, 0.25) is 0 Å². The summed E-state index contributed by atoms with van der Waals surface area (Å²) >= 11 is 0. The maximum absolute atomic E-state index is 14.1. The lowest BCUT2D eigenvalue weighted by Gasteiger charge is -2.26. The predicted octanol–water partition coefficient (Wildman–Crippen LogP) is 3.37. The predicted molar refractivity (Wildman–Crippen MR) is 122 cm³/mol. The van der Waals surface area contributed by atoms with E-state index in [1.807, 2.05) is 0 Å². The fourth-order valence-corrected chi connectivity index (χ4v) is 4.49. The number of carbonyl (C=O) groups excluding carboxylic acids is 1. The molecule has 0 unspecified atom stereocenters. The van der Waals surface area contributed by atoms with Crippen LogP contribution in [0, 0.1) is 6.92 Å². The Morgan fingerprint density at radius 3 is 2.69 bits per heavy atom. The molecule has 194 valence electrons. The molecule has 0 spiro atoms. The number of aromatic amines is 1. The van der Waals surface area contributed by atoms with Gasteiger partial charge in [0.25, 0.3) is 0 Å². The maximum Gasteiger partial charge on any atom is 0.433 e. The second-order valence-electron chi connectivity index (χ2n) is 8.78. The fourth-order valence-electron chi connectivity index (χ4n) is 4.49. The van der Waals surface area contributed by atoms with E-state index in [0.717, 1.165) is 0 Å². The average molecular weight is 512 g/mol. The lowest BCUT2D eigenvalue weighted by molar-refractivity contribution is -0.141. The molecule has 0 amide bonds. The van der Waals surface area contributed by atoms with E-state index >= 15 is 0 Å². The number of fused-ring (bicyclic) bond motifs is 1. The molecule has 0 atom stereocenters. The highest BCUT2D eigenvalue weighted by Gasteiger charge is 2.38. The monoisotopic (exact) mass is 512 g/mol. The first kappa shape index (κ1) is 25.8. The summed E-state index contributed by atoms with van der Waals surface area (Å²) < 4.78 is 74.5. The van der Waals surface area contributed by atoms with Crippen LogP contribution in [0.25, 0.3) is 17.3 Å². The van der Waals surface area contributed by atoms with Crippen LogP contribution in [-0.2, 0) is 10.9 Å². The van der Waals surface area contributed by atoms with Crippen molar-refractivity contribution < 1.29 is 31.5 Å². The van der Waals surface area contributed by atoms with Crippen molar-refractivity contribution in [1.29, 1.82) is 0 Å². The first-order chi connectivity index (χ1) is 16.9. The standard InChI is InChI=1S/C24H25F5N4O3/c1-3-36-22(35)16-17(31-15-6-4-9-30-18(15)19(16)34)14-12-13(2)20(24(27,28)29)32-21(14)33-10-5-7-23(25,26)8-11-33/h6,12,31H,3-5,7-11H2,1-2H3. The number of nitrogens with zero attached hydrogens (tertiary/aromatic N) is 3. The van der Waals surface area contributed by atoms with Crippen molar-refractivity contribution in [3.05, 3.63) is 43.8 Å². The Bertz CT molecular complexity index is 1370. The number of aromatic nitrogens is 2. The molecule has 2 aliphatic rings. The molecule has 1 saturated heterocycles. The fraction of sp³-hybridized carbons (Fsp3) is 0.500. The second-order valence-corrected chi connectivity index (χ2v) is 8.78. The molecule has 2 aliphatic heterocycles. The topological polar surface area (TPSA) is 87.6 Å². The molecule has 4 rings (SSSR count). The zero-order valence-electron chi connectivity index (χ0n) is 19.8. The number of aryl methyl sites for hydroxylation is 1. The third kappa shape index (κ3) is 4.98. The highest BCUT2D eigenvalue weighted by molar-refractivity contribution is 5.97. The van der Waals surface area contributed by atoms with Crippen molar-refractivity contribution in [2.24, 2.45) is 4.99 Å².